The molecule has 8 heteroatoms. The number of ether oxygens (including phenoxy) is 1. The highest BCUT2D eigenvalue weighted by atomic mass is 19.1. The maximum Gasteiger partial charge on any atom is 0.410 e. The molecule has 2 aromatic carbocycles. The largest absolute Gasteiger partial charge is 0.444 e. The molecular weight excluding hydrogens is 498 g/mol. The molecule has 0 saturated carbocycles. The number of nitrogens with zero attached hydrogens (tertiary/aromatic N) is 1. The molecule has 2 fully saturated rings. The van der Waals surface area contributed by atoms with E-state index in [1.807, 2.05) is 39.2 Å². The van der Waals surface area contributed by atoms with Crippen LogP contribution in [0.5, 0.6) is 0 Å². The topological polar surface area (TPSA) is 73.1 Å². The number of piperidine rings is 2. The Morgan fingerprint density at radius 3 is 1.79 bits per heavy atom. The number of aromatic nitrogens is 2. The van der Waals surface area contributed by atoms with Crippen LogP contribution in [0.1, 0.15) is 69.4 Å². The zero-order chi connectivity index (χ0) is 27.6. The van der Waals surface area contributed by atoms with Crippen LogP contribution in [-0.2, 0) is 4.74 Å². The minimum atomic E-state index is -0.470. The molecule has 2 saturated heterocycles. The number of amides is 1. The first-order valence-corrected chi connectivity index (χ1v) is 13.9. The molecule has 0 atom stereocenters. The fourth-order valence-corrected chi connectivity index (χ4v) is 5.74. The molecule has 2 aromatic heterocycles. The predicted molar refractivity (Wildman–Crippen MR) is 151 cm³/mol. The average Bonchev–Trinajstić information content (AvgIpc) is 3.52. The summed E-state index contributed by atoms with van der Waals surface area (Å²) in [6.45, 7) is 9.08. The molecule has 4 heterocycles. The van der Waals surface area contributed by atoms with Gasteiger partial charge in [-0.2, -0.15) is 0 Å². The van der Waals surface area contributed by atoms with Gasteiger partial charge in [-0.15, -0.1) is 0 Å². The van der Waals surface area contributed by atoms with E-state index in [0.717, 1.165) is 66.1 Å². The van der Waals surface area contributed by atoms with Crippen molar-refractivity contribution in [3.63, 3.8) is 0 Å². The lowest BCUT2D eigenvalue weighted by Gasteiger charge is -2.33. The van der Waals surface area contributed by atoms with Crippen LogP contribution >= 0.6 is 0 Å². The van der Waals surface area contributed by atoms with E-state index >= 15 is 0 Å². The Kier molecular flexibility index (Phi) is 7.93. The first-order valence-electron chi connectivity index (χ1n) is 13.9. The highest BCUT2D eigenvalue weighted by Crippen LogP contribution is 2.34. The van der Waals surface area contributed by atoms with Crippen LogP contribution in [0, 0.1) is 11.6 Å². The first-order chi connectivity index (χ1) is 18.7. The number of benzene rings is 2. The fourth-order valence-electron chi connectivity index (χ4n) is 5.74. The third-order valence-corrected chi connectivity index (χ3v) is 7.72. The van der Waals surface area contributed by atoms with Crippen molar-refractivity contribution in [1.82, 2.24) is 20.2 Å². The lowest BCUT2D eigenvalue weighted by molar-refractivity contribution is 0.0205. The molecule has 39 heavy (non-hydrogen) atoms. The zero-order valence-corrected chi connectivity index (χ0v) is 22.9. The van der Waals surface area contributed by atoms with E-state index in [1.54, 1.807) is 23.1 Å². The second kappa shape index (κ2) is 11.4. The standard InChI is InChI=1S/C18H23FN2O2.C13H15FN2/c1-18(2,3)23-17(22)21-8-6-12(7-9-21)15-11-20-16-5-4-13(19)10-14(15)16;14-10-1-2-13-11(7-10)12(8-16-13)9-3-5-15-6-4-9/h4-5,10-12,20H,6-9H2,1-3H3;1-2,7-9,15-16H,3-6H2. The van der Waals surface area contributed by atoms with E-state index in [0.29, 0.717) is 24.9 Å². The van der Waals surface area contributed by atoms with Crippen molar-refractivity contribution < 1.29 is 18.3 Å². The van der Waals surface area contributed by atoms with E-state index in [9.17, 15) is 13.6 Å². The van der Waals surface area contributed by atoms with E-state index in [4.69, 9.17) is 4.74 Å². The van der Waals surface area contributed by atoms with Crippen LogP contribution in [-0.4, -0.2) is 52.7 Å². The third kappa shape index (κ3) is 6.44. The summed E-state index contributed by atoms with van der Waals surface area (Å²) in [5, 5.41) is 5.34. The Bertz CT molecular complexity index is 1420. The number of carbonyl (C=O) groups is 1. The van der Waals surface area contributed by atoms with Gasteiger partial charge in [0.15, 0.2) is 0 Å². The number of nitrogens with one attached hydrogen (secondary N) is 3. The summed E-state index contributed by atoms with van der Waals surface area (Å²) in [6.07, 6.45) is 7.78. The highest BCUT2D eigenvalue weighted by molar-refractivity contribution is 5.84. The molecule has 208 valence electrons. The van der Waals surface area contributed by atoms with Gasteiger partial charge in [0, 0.05) is 47.3 Å². The van der Waals surface area contributed by atoms with Crippen LogP contribution in [0.25, 0.3) is 21.8 Å². The van der Waals surface area contributed by atoms with Crippen LogP contribution < -0.4 is 5.32 Å². The third-order valence-electron chi connectivity index (χ3n) is 7.72. The summed E-state index contributed by atoms with van der Waals surface area (Å²) >= 11 is 0. The molecule has 3 N–H and O–H groups in total. The summed E-state index contributed by atoms with van der Waals surface area (Å²) < 4.78 is 32.2. The molecule has 1 amide bonds. The zero-order valence-electron chi connectivity index (χ0n) is 22.9. The van der Waals surface area contributed by atoms with E-state index in [-0.39, 0.29) is 17.7 Å². The molecule has 0 bridgehead atoms. The normalized spacial score (nSPS) is 17.3. The molecule has 6 rings (SSSR count). The summed E-state index contributed by atoms with van der Waals surface area (Å²) in [4.78, 5) is 20.3. The van der Waals surface area contributed by atoms with Gasteiger partial charge in [-0.3, -0.25) is 0 Å². The Morgan fingerprint density at radius 2 is 1.31 bits per heavy atom. The van der Waals surface area contributed by atoms with Gasteiger partial charge in [-0.25, -0.2) is 13.6 Å². The van der Waals surface area contributed by atoms with Gasteiger partial charge >= 0.3 is 6.09 Å². The fraction of sp³-hybridized carbons (Fsp3) is 0.452. The summed E-state index contributed by atoms with van der Waals surface area (Å²) in [6, 6.07) is 9.78. The van der Waals surface area contributed by atoms with E-state index in [2.05, 4.69) is 15.3 Å². The predicted octanol–water partition coefficient (Wildman–Crippen LogP) is 7.20. The molecule has 0 spiro atoms. The van der Waals surface area contributed by atoms with E-state index in [1.165, 1.54) is 17.7 Å². The SMILES string of the molecule is CC(C)(C)OC(=O)N1CCC(c2c[nH]c3ccc(F)cc23)CC1.Fc1ccc2[nH]cc(C3CCNCC3)c2c1. The number of hydrogen-bond acceptors (Lipinski definition) is 3. The van der Waals surface area contributed by atoms with Crippen molar-refractivity contribution in [3.8, 4) is 0 Å². The van der Waals surface area contributed by atoms with Gasteiger partial charge in [0.05, 0.1) is 0 Å². The summed E-state index contributed by atoms with van der Waals surface area (Å²) in [5.74, 6) is 0.535. The van der Waals surface area contributed by atoms with E-state index < -0.39 is 5.60 Å². The quantitative estimate of drug-likeness (QED) is 0.254. The lowest BCUT2D eigenvalue weighted by Crippen LogP contribution is -2.41. The number of fused-ring (bicyclic) bond motifs is 2. The van der Waals surface area contributed by atoms with Crippen molar-refractivity contribution in [2.45, 2.75) is 63.9 Å². The Balaban J connectivity index is 0.000000168. The van der Waals surface area contributed by atoms with Gasteiger partial charge in [0.2, 0.25) is 0 Å². The second-order valence-corrected chi connectivity index (χ2v) is 11.6. The van der Waals surface area contributed by atoms with Crippen LogP contribution in [0.3, 0.4) is 0 Å². The molecular formula is C31H38F2N4O2. The maximum atomic E-state index is 13.5. The molecule has 0 unspecified atom stereocenters. The Hall–Kier alpha value is -3.39. The Morgan fingerprint density at radius 1 is 0.821 bits per heavy atom. The second-order valence-electron chi connectivity index (χ2n) is 11.6. The average molecular weight is 537 g/mol. The smallest absolute Gasteiger partial charge is 0.410 e. The monoisotopic (exact) mass is 536 g/mol. The number of halogens is 2. The van der Waals surface area contributed by atoms with Crippen molar-refractivity contribution >= 4 is 27.9 Å². The van der Waals surface area contributed by atoms with Crippen LogP contribution in [0.15, 0.2) is 48.8 Å². The van der Waals surface area contributed by atoms with Gasteiger partial charge in [-0.05, 0) is 119 Å². The van der Waals surface area contributed by atoms with Gasteiger partial charge < -0.3 is 24.9 Å². The number of aromatic amines is 2. The molecule has 4 aromatic rings. The van der Waals surface area contributed by atoms with Gasteiger partial charge in [0.25, 0.3) is 0 Å². The summed E-state index contributed by atoms with van der Waals surface area (Å²) in [5.41, 5.74) is 3.94. The highest BCUT2D eigenvalue weighted by Gasteiger charge is 2.28. The molecule has 6 nitrogen and oxygen atoms in total. The van der Waals surface area contributed by atoms with Gasteiger partial charge in [-0.1, -0.05) is 0 Å². The van der Waals surface area contributed by atoms with Crippen LogP contribution in [0.4, 0.5) is 13.6 Å². The van der Waals surface area contributed by atoms with Crippen molar-refractivity contribution in [2.75, 3.05) is 26.2 Å². The van der Waals surface area contributed by atoms with Crippen LogP contribution in [0.2, 0.25) is 0 Å². The summed E-state index contributed by atoms with van der Waals surface area (Å²) in [7, 11) is 0. The molecule has 0 radical (unpaired) electrons. The maximum absolute atomic E-state index is 13.5. The molecule has 2 aliphatic rings. The molecule has 2 aliphatic heterocycles. The first kappa shape index (κ1) is 27.2. The minimum Gasteiger partial charge on any atom is -0.444 e. The number of rotatable bonds is 2. The molecule has 0 aliphatic carbocycles. The van der Waals surface area contributed by atoms with Crippen molar-refractivity contribution in [3.05, 3.63) is 71.6 Å². The number of H-pyrrole nitrogens is 2. The number of hydrogen-bond donors (Lipinski definition) is 3. The minimum absolute atomic E-state index is 0.151. The van der Waals surface area contributed by atoms with Crippen molar-refractivity contribution in [1.29, 1.82) is 0 Å². The van der Waals surface area contributed by atoms with Crippen molar-refractivity contribution in [2.24, 2.45) is 0 Å². The lowest BCUT2D eigenvalue weighted by atomic mass is 9.89. The van der Waals surface area contributed by atoms with Gasteiger partial charge in [0.1, 0.15) is 17.2 Å². The Labute approximate surface area is 228 Å². The number of carbonyl (C=O) groups excluding carboxylic acids is 1. The number of likely N-dealkylation sites (tertiary alicyclic amines) is 1.